The largest absolute Gasteiger partial charge is 0.316 e. The first-order chi connectivity index (χ1) is 6.42. The highest BCUT2D eigenvalue weighted by atomic mass is 32.1. The fraction of sp³-hybridized carbons (Fsp3) is 0.222. The molecule has 0 unspecified atom stereocenters. The van der Waals surface area contributed by atoms with Crippen LogP contribution in [0.1, 0.15) is 5.56 Å². The first kappa shape index (κ1) is 8.47. The van der Waals surface area contributed by atoms with Gasteiger partial charge in [-0.25, -0.2) is 0 Å². The van der Waals surface area contributed by atoms with Crippen molar-refractivity contribution in [1.82, 2.24) is 15.5 Å². The maximum absolute atomic E-state index is 4.04. The number of nitrogens with one attached hydrogen (secondary N) is 2. The molecule has 0 saturated heterocycles. The normalized spacial score (nSPS) is 10.5. The van der Waals surface area contributed by atoms with Crippen molar-refractivity contribution in [1.29, 1.82) is 0 Å². The number of hydrogen-bond acceptors (Lipinski definition) is 3. The van der Waals surface area contributed by atoms with Crippen LogP contribution in [-0.4, -0.2) is 17.2 Å². The lowest BCUT2D eigenvalue weighted by atomic mass is 10.2. The monoisotopic (exact) mass is 193 g/mol. The highest BCUT2D eigenvalue weighted by Gasteiger charge is 2.06. The number of aromatic nitrogens is 2. The molecule has 0 aromatic carbocycles. The Labute approximate surface area is 80.8 Å². The maximum atomic E-state index is 4.04. The second-order valence-electron chi connectivity index (χ2n) is 2.78. The molecule has 0 aliphatic rings. The first-order valence-corrected chi connectivity index (χ1v) is 5.00. The summed E-state index contributed by atoms with van der Waals surface area (Å²) in [7, 11) is 1.94. The summed E-state index contributed by atoms with van der Waals surface area (Å²) in [6.07, 6.45) is 1.87. The minimum Gasteiger partial charge on any atom is -0.316 e. The molecule has 0 aliphatic heterocycles. The van der Waals surface area contributed by atoms with Crippen molar-refractivity contribution in [3.63, 3.8) is 0 Å². The van der Waals surface area contributed by atoms with Crippen LogP contribution in [0.3, 0.4) is 0 Å². The van der Waals surface area contributed by atoms with Gasteiger partial charge in [-0.05, 0) is 18.5 Å². The fourth-order valence-electron chi connectivity index (χ4n) is 1.27. The minimum atomic E-state index is 0.851. The predicted octanol–water partition coefficient (Wildman–Crippen LogP) is 1.86. The van der Waals surface area contributed by atoms with Gasteiger partial charge in [0.15, 0.2) is 0 Å². The summed E-state index contributed by atoms with van der Waals surface area (Å²) in [5, 5.41) is 12.2. The van der Waals surface area contributed by atoms with Crippen LogP contribution < -0.4 is 5.32 Å². The average molecular weight is 193 g/mol. The fourth-order valence-corrected chi connectivity index (χ4v) is 2.03. The molecule has 0 atom stereocenters. The number of aromatic amines is 1. The zero-order valence-corrected chi connectivity index (χ0v) is 8.19. The molecule has 0 spiro atoms. The standard InChI is InChI=1S/C9H11N3S/c1-10-5-7-6-11-12-9(7)8-3-2-4-13-8/h2-4,6,10H,5H2,1H3,(H,11,12). The summed E-state index contributed by atoms with van der Waals surface area (Å²) in [4.78, 5) is 1.24. The van der Waals surface area contributed by atoms with E-state index in [-0.39, 0.29) is 0 Å². The molecule has 13 heavy (non-hydrogen) atoms. The minimum absolute atomic E-state index is 0.851. The van der Waals surface area contributed by atoms with Crippen molar-refractivity contribution >= 4 is 11.3 Å². The molecule has 0 aliphatic carbocycles. The third-order valence-electron chi connectivity index (χ3n) is 1.85. The van der Waals surface area contributed by atoms with Crippen molar-refractivity contribution < 1.29 is 0 Å². The van der Waals surface area contributed by atoms with Crippen LogP contribution in [0, 0.1) is 0 Å². The van der Waals surface area contributed by atoms with Crippen molar-refractivity contribution in [2.24, 2.45) is 0 Å². The van der Waals surface area contributed by atoms with Crippen LogP contribution in [0.25, 0.3) is 10.6 Å². The Balaban J connectivity index is 2.35. The third kappa shape index (κ3) is 1.64. The van der Waals surface area contributed by atoms with Crippen LogP contribution in [0.4, 0.5) is 0 Å². The molecule has 0 amide bonds. The van der Waals surface area contributed by atoms with Crippen LogP contribution in [0.2, 0.25) is 0 Å². The van der Waals surface area contributed by atoms with Crippen molar-refractivity contribution in [3.05, 3.63) is 29.3 Å². The van der Waals surface area contributed by atoms with Crippen LogP contribution in [0.5, 0.6) is 0 Å². The lowest BCUT2D eigenvalue weighted by Crippen LogP contribution is -2.04. The topological polar surface area (TPSA) is 40.7 Å². The molecule has 3 nitrogen and oxygen atoms in total. The van der Waals surface area contributed by atoms with E-state index in [1.54, 1.807) is 11.3 Å². The summed E-state index contributed by atoms with van der Waals surface area (Å²) in [5.74, 6) is 0. The van der Waals surface area contributed by atoms with Gasteiger partial charge >= 0.3 is 0 Å². The average Bonchev–Trinajstić information content (AvgIpc) is 2.71. The lowest BCUT2D eigenvalue weighted by Gasteiger charge is -1.98. The molecule has 2 N–H and O–H groups in total. The predicted molar refractivity (Wildman–Crippen MR) is 54.7 cm³/mol. The second kappa shape index (κ2) is 3.72. The van der Waals surface area contributed by atoms with Crippen LogP contribution in [-0.2, 0) is 6.54 Å². The van der Waals surface area contributed by atoms with Crippen LogP contribution >= 0.6 is 11.3 Å². The Morgan fingerprint density at radius 3 is 3.23 bits per heavy atom. The van der Waals surface area contributed by atoms with Crippen LogP contribution in [0.15, 0.2) is 23.7 Å². The number of nitrogens with zero attached hydrogens (tertiary/aromatic N) is 1. The molecule has 4 heteroatoms. The number of H-pyrrole nitrogens is 1. The smallest absolute Gasteiger partial charge is 0.0794 e. The van der Waals surface area contributed by atoms with Gasteiger partial charge in [-0.2, -0.15) is 5.10 Å². The van der Waals surface area contributed by atoms with Gasteiger partial charge in [0.05, 0.1) is 16.8 Å². The summed E-state index contributed by atoms with van der Waals surface area (Å²) in [5.41, 5.74) is 2.34. The van der Waals surface area contributed by atoms with E-state index >= 15 is 0 Å². The molecular weight excluding hydrogens is 182 g/mol. The molecule has 68 valence electrons. The van der Waals surface area contributed by atoms with E-state index in [2.05, 4.69) is 27.0 Å². The van der Waals surface area contributed by atoms with E-state index in [9.17, 15) is 0 Å². The maximum Gasteiger partial charge on any atom is 0.0794 e. The third-order valence-corrected chi connectivity index (χ3v) is 2.74. The van der Waals surface area contributed by atoms with Gasteiger partial charge in [0.25, 0.3) is 0 Å². The zero-order valence-electron chi connectivity index (χ0n) is 7.37. The molecular formula is C9H11N3S. The van der Waals surface area contributed by atoms with E-state index in [4.69, 9.17) is 0 Å². The summed E-state index contributed by atoms with van der Waals surface area (Å²) >= 11 is 1.72. The number of thiophene rings is 1. The Morgan fingerprint density at radius 2 is 2.54 bits per heavy atom. The van der Waals surface area contributed by atoms with E-state index in [1.807, 2.05) is 19.3 Å². The molecule has 0 bridgehead atoms. The second-order valence-corrected chi connectivity index (χ2v) is 3.73. The van der Waals surface area contributed by atoms with E-state index < -0.39 is 0 Å². The van der Waals surface area contributed by atoms with Gasteiger partial charge in [0.1, 0.15) is 0 Å². The van der Waals surface area contributed by atoms with E-state index in [0.29, 0.717) is 0 Å². The summed E-state index contributed by atoms with van der Waals surface area (Å²) in [6.45, 7) is 0.851. The van der Waals surface area contributed by atoms with Crippen molar-refractivity contribution in [3.8, 4) is 10.6 Å². The summed E-state index contributed by atoms with van der Waals surface area (Å²) < 4.78 is 0. The van der Waals surface area contributed by atoms with Gasteiger partial charge < -0.3 is 5.32 Å². The number of rotatable bonds is 3. The van der Waals surface area contributed by atoms with E-state index in [0.717, 1.165) is 12.2 Å². The quantitative estimate of drug-likeness (QED) is 0.781. The molecule has 0 saturated carbocycles. The van der Waals surface area contributed by atoms with Gasteiger partial charge in [-0.15, -0.1) is 11.3 Å². The molecule has 0 radical (unpaired) electrons. The van der Waals surface area contributed by atoms with Gasteiger partial charge in [0.2, 0.25) is 0 Å². The SMILES string of the molecule is CNCc1cn[nH]c1-c1cccs1. The molecule has 2 aromatic heterocycles. The van der Waals surface area contributed by atoms with E-state index in [1.165, 1.54) is 10.4 Å². The highest BCUT2D eigenvalue weighted by molar-refractivity contribution is 7.13. The van der Waals surface area contributed by atoms with Gasteiger partial charge in [0, 0.05) is 12.1 Å². The lowest BCUT2D eigenvalue weighted by molar-refractivity contribution is 0.820. The Kier molecular flexibility index (Phi) is 2.42. The Morgan fingerprint density at radius 1 is 1.62 bits per heavy atom. The molecule has 2 rings (SSSR count). The first-order valence-electron chi connectivity index (χ1n) is 4.12. The van der Waals surface area contributed by atoms with Crippen molar-refractivity contribution in [2.75, 3.05) is 7.05 Å². The Hall–Kier alpha value is -1.13. The molecule has 2 aromatic rings. The summed E-state index contributed by atoms with van der Waals surface area (Å²) in [6, 6.07) is 4.14. The zero-order chi connectivity index (χ0) is 9.10. The van der Waals surface area contributed by atoms with Gasteiger partial charge in [-0.1, -0.05) is 6.07 Å². The highest BCUT2D eigenvalue weighted by Crippen LogP contribution is 2.25. The van der Waals surface area contributed by atoms with Crippen molar-refractivity contribution in [2.45, 2.75) is 6.54 Å². The molecule has 0 fully saturated rings. The number of hydrogen-bond donors (Lipinski definition) is 2. The Bertz CT molecular complexity index is 364. The molecule has 2 heterocycles. The van der Waals surface area contributed by atoms with Gasteiger partial charge in [-0.3, -0.25) is 5.10 Å².